The van der Waals surface area contributed by atoms with Gasteiger partial charge in [-0.15, -0.1) is 0 Å². The summed E-state index contributed by atoms with van der Waals surface area (Å²) in [4.78, 5) is 12.0. The summed E-state index contributed by atoms with van der Waals surface area (Å²) < 4.78 is 18.2. The van der Waals surface area contributed by atoms with Gasteiger partial charge in [0.1, 0.15) is 5.82 Å². The lowest BCUT2D eigenvalue weighted by Gasteiger charge is -2.32. The molecule has 20 heavy (non-hydrogen) atoms. The van der Waals surface area contributed by atoms with E-state index < -0.39 is 0 Å². The lowest BCUT2D eigenvalue weighted by atomic mass is 9.82. The Labute approximate surface area is 116 Å². The Morgan fingerprint density at radius 1 is 1.40 bits per heavy atom. The fraction of sp³-hybridized carbons (Fsp3) is 0.333. The highest BCUT2D eigenvalue weighted by Gasteiger charge is 2.27. The number of hydrogen-bond acceptors (Lipinski definition) is 3. The minimum atomic E-state index is -0.353. The van der Waals surface area contributed by atoms with Crippen LogP contribution in [-0.4, -0.2) is 17.1 Å². The van der Waals surface area contributed by atoms with Crippen LogP contribution in [0.5, 0.6) is 0 Å². The zero-order chi connectivity index (χ0) is 14.1. The van der Waals surface area contributed by atoms with Crippen LogP contribution >= 0.6 is 0 Å². The van der Waals surface area contributed by atoms with Crippen LogP contribution in [0.15, 0.2) is 34.9 Å². The Morgan fingerprint density at radius 3 is 2.90 bits per heavy atom. The topological polar surface area (TPSA) is 55.1 Å². The standard InChI is InChI=1S/C15H15FN2O2/c1-9-5-12(6-9)17-15(19)13-8-14(20-18-13)10-3-2-4-11(16)7-10/h2-4,7-9,12H,5-6H2,1H3,(H,17,19). The molecule has 0 bridgehead atoms. The Kier molecular flexibility index (Phi) is 3.26. The van der Waals surface area contributed by atoms with E-state index in [1.54, 1.807) is 12.1 Å². The van der Waals surface area contributed by atoms with E-state index in [9.17, 15) is 9.18 Å². The monoisotopic (exact) mass is 274 g/mol. The number of nitrogens with one attached hydrogen (secondary N) is 1. The first-order valence-corrected chi connectivity index (χ1v) is 6.65. The maximum Gasteiger partial charge on any atom is 0.273 e. The van der Waals surface area contributed by atoms with Gasteiger partial charge in [0.05, 0.1) is 0 Å². The molecule has 1 N–H and O–H groups in total. The second-order valence-corrected chi connectivity index (χ2v) is 5.33. The molecule has 3 rings (SSSR count). The van der Waals surface area contributed by atoms with Gasteiger partial charge in [0, 0.05) is 17.7 Å². The Morgan fingerprint density at radius 2 is 2.20 bits per heavy atom. The molecule has 5 heteroatoms. The van der Waals surface area contributed by atoms with Gasteiger partial charge in [0.25, 0.3) is 5.91 Å². The van der Waals surface area contributed by atoms with E-state index in [4.69, 9.17) is 4.52 Å². The van der Waals surface area contributed by atoms with E-state index >= 15 is 0 Å². The van der Waals surface area contributed by atoms with Crippen LogP contribution < -0.4 is 5.32 Å². The molecule has 104 valence electrons. The van der Waals surface area contributed by atoms with Gasteiger partial charge in [-0.25, -0.2) is 4.39 Å². The number of aromatic nitrogens is 1. The zero-order valence-electron chi connectivity index (χ0n) is 11.1. The highest BCUT2D eigenvalue weighted by atomic mass is 19.1. The Bertz CT molecular complexity index is 632. The van der Waals surface area contributed by atoms with Crippen LogP contribution in [0.2, 0.25) is 0 Å². The third-order valence-electron chi connectivity index (χ3n) is 3.56. The van der Waals surface area contributed by atoms with Crippen LogP contribution in [0.3, 0.4) is 0 Å². The van der Waals surface area contributed by atoms with Gasteiger partial charge in [0.15, 0.2) is 11.5 Å². The fourth-order valence-corrected chi connectivity index (χ4v) is 2.44. The number of hydrogen-bond donors (Lipinski definition) is 1. The molecule has 2 aromatic rings. The smallest absolute Gasteiger partial charge is 0.273 e. The van der Waals surface area contributed by atoms with E-state index in [0.717, 1.165) is 12.8 Å². The minimum absolute atomic E-state index is 0.226. The van der Waals surface area contributed by atoms with E-state index in [-0.39, 0.29) is 23.5 Å². The van der Waals surface area contributed by atoms with Crippen molar-refractivity contribution in [1.82, 2.24) is 10.5 Å². The van der Waals surface area contributed by atoms with Crippen molar-refractivity contribution in [1.29, 1.82) is 0 Å². The van der Waals surface area contributed by atoms with Crippen LogP contribution in [0.1, 0.15) is 30.3 Å². The number of nitrogens with zero attached hydrogens (tertiary/aromatic N) is 1. The normalized spacial score (nSPS) is 21.3. The highest BCUT2D eigenvalue weighted by Crippen LogP contribution is 2.27. The molecule has 1 aromatic heterocycles. The maximum atomic E-state index is 13.1. The van der Waals surface area contributed by atoms with Crippen molar-refractivity contribution in [3.63, 3.8) is 0 Å². The van der Waals surface area contributed by atoms with E-state index in [0.29, 0.717) is 17.2 Å². The molecule has 0 aliphatic heterocycles. The van der Waals surface area contributed by atoms with Gasteiger partial charge < -0.3 is 9.84 Å². The molecule has 0 saturated heterocycles. The fourth-order valence-electron chi connectivity index (χ4n) is 2.44. The molecule has 1 fully saturated rings. The number of halogens is 1. The molecule has 1 aromatic carbocycles. The average molecular weight is 274 g/mol. The quantitative estimate of drug-likeness (QED) is 0.936. The van der Waals surface area contributed by atoms with Crippen LogP contribution in [0.25, 0.3) is 11.3 Å². The number of carbonyl (C=O) groups is 1. The molecule has 1 amide bonds. The molecular weight excluding hydrogens is 259 g/mol. The van der Waals surface area contributed by atoms with Gasteiger partial charge in [-0.3, -0.25) is 4.79 Å². The van der Waals surface area contributed by atoms with E-state index in [1.165, 1.54) is 18.2 Å². The van der Waals surface area contributed by atoms with Crippen LogP contribution in [0.4, 0.5) is 4.39 Å². The van der Waals surface area contributed by atoms with Gasteiger partial charge in [-0.2, -0.15) is 0 Å². The number of amides is 1. The molecule has 4 nitrogen and oxygen atoms in total. The first-order chi connectivity index (χ1) is 9.61. The molecule has 1 saturated carbocycles. The third-order valence-corrected chi connectivity index (χ3v) is 3.56. The zero-order valence-corrected chi connectivity index (χ0v) is 11.1. The predicted octanol–water partition coefficient (Wildman–Crippen LogP) is 3.01. The molecule has 1 aliphatic carbocycles. The average Bonchev–Trinajstić information content (AvgIpc) is 2.86. The van der Waals surface area contributed by atoms with Crippen molar-refractivity contribution in [2.75, 3.05) is 0 Å². The summed E-state index contributed by atoms with van der Waals surface area (Å²) in [6.07, 6.45) is 2.00. The predicted molar refractivity (Wildman–Crippen MR) is 71.5 cm³/mol. The van der Waals surface area contributed by atoms with Crippen molar-refractivity contribution in [2.24, 2.45) is 5.92 Å². The van der Waals surface area contributed by atoms with Crippen LogP contribution in [0, 0.1) is 11.7 Å². The van der Waals surface area contributed by atoms with Crippen molar-refractivity contribution < 1.29 is 13.7 Å². The van der Waals surface area contributed by atoms with Crippen molar-refractivity contribution >= 4 is 5.91 Å². The molecule has 0 unspecified atom stereocenters. The number of rotatable bonds is 3. The summed E-state index contributed by atoms with van der Waals surface area (Å²) in [5, 5.41) is 6.65. The second-order valence-electron chi connectivity index (χ2n) is 5.33. The Balaban J connectivity index is 1.71. The van der Waals surface area contributed by atoms with Crippen molar-refractivity contribution in [3.05, 3.63) is 41.8 Å². The summed E-state index contributed by atoms with van der Waals surface area (Å²) in [6.45, 7) is 2.15. The van der Waals surface area contributed by atoms with Gasteiger partial charge in [-0.1, -0.05) is 24.2 Å². The summed E-state index contributed by atoms with van der Waals surface area (Å²) in [6, 6.07) is 7.75. The molecule has 0 atom stereocenters. The van der Waals surface area contributed by atoms with Gasteiger partial charge in [-0.05, 0) is 30.9 Å². The SMILES string of the molecule is CC1CC(NC(=O)c2cc(-c3cccc(F)c3)on2)C1. The molecule has 0 radical (unpaired) electrons. The van der Waals surface area contributed by atoms with Crippen molar-refractivity contribution in [2.45, 2.75) is 25.8 Å². The van der Waals surface area contributed by atoms with E-state index in [1.807, 2.05) is 0 Å². The van der Waals surface area contributed by atoms with Gasteiger partial charge in [0.2, 0.25) is 0 Å². The highest BCUT2D eigenvalue weighted by molar-refractivity contribution is 5.93. The molecule has 1 aliphatic rings. The number of benzene rings is 1. The lowest BCUT2D eigenvalue weighted by molar-refractivity contribution is 0.0887. The summed E-state index contributed by atoms with van der Waals surface area (Å²) in [5.41, 5.74) is 0.789. The molecule has 0 spiro atoms. The first kappa shape index (κ1) is 12.8. The lowest BCUT2D eigenvalue weighted by Crippen LogP contribution is -2.43. The van der Waals surface area contributed by atoms with Crippen LogP contribution in [-0.2, 0) is 0 Å². The third kappa shape index (κ3) is 2.57. The maximum absolute atomic E-state index is 13.1. The van der Waals surface area contributed by atoms with E-state index in [2.05, 4.69) is 17.4 Å². The molecular formula is C15H15FN2O2. The number of carbonyl (C=O) groups excluding carboxylic acids is 1. The first-order valence-electron chi connectivity index (χ1n) is 6.65. The Hall–Kier alpha value is -2.17. The van der Waals surface area contributed by atoms with Gasteiger partial charge >= 0.3 is 0 Å². The second kappa shape index (κ2) is 5.07. The summed E-state index contributed by atoms with van der Waals surface area (Å²) >= 11 is 0. The summed E-state index contributed by atoms with van der Waals surface area (Å²) in [7, 11) is 0. The molecule has 1 heterocycles. The summed E-state index contributed by atoms with van der Waals surface area (Å²) in [5.74, 6) is 0.457. The van der Waals surface area contributed by atoms with Crippen molar-refractivity contribution in [3.8, 4) is 11.3 Å². The minimum Gasteiger partial charge on any atom is -0.355 e. The largest absolute Gasteiger partial charge is 0.355 e.